The largest absolute Gasteiger partial charge is 0.375 e. The van der Waals surface area contributed by atoms with Gasteiger partial charge in [-0.15, -0.1) is 0 Å². The Bertz CT molecular complexity index is 210. The van der Waals surface area contributed by atoms with Crippen LogP contribution in [-0.2, 0) is 0 Å². The lowest BCUT2D eigenvalue weighted by atomic mass is 9.92. The summed E-state index contributed by atoms with van der Waals surface area (Å²) in [4.78, 5) is 2.48. The normalized spacial score (nSPS) is 20.6. The molecule has 1 nitrogen and oxygen atoms in total. The van der Waals surface area contributed by atoms with Crippen molar-refractivity contribution in [3.05, 3.63) is 12.3 Å². The van der Waals surface area contributed by atoms with Gasteiger partial charge >= 0.3 is 0 Å². The van der Waals surface area contributed by atoms with Gasteiger partial charge in [-0.1, -0.05) is 52.0 Å². The van der Waals surface area contributed by atoms with Gasteiger partial charge in [-0.25, -0.2) is 0 Å². The second kappa shape index (κ2) is 8.60. The number of hydrogen-bond donors (Lipinski definition) is 0. The minimum Gasteiger partial charge on any atom is -0.375 e. The van der Waals surface area contributed by atoms with Crippen LogP contribution in [0.2, 0.25) is 0 Å². The molecule has 100 valence electrons. The van der Waals surface area contributed by atoms with Crippen LogP contribution < -0.4 is 0 Å². The Labute approximate surface area is 108 Å². The first kappa shape index (κ1) is 14.6. The zero-order chi connectivity index (χ0) is 12.5. The van der Waals surface area contributed by atoms with Crippen molar-refractivity contribution in [1.29, 1.82) is 0 Å². The van der Waals surface area contributed by atoms with Crippen molar-refractivity contribution in [2.75, 3.05) is 13.1 Å². The molecule has 0 aromatic rings. The predicted octanol–water partition coefficient (Wildman–Crippen LogP) is 4.98. The molecule has 1 saturated heterocycles. The van der Waals surface area contributed by atoms with E-state index in [1.54, 1.807) is 0 Å². The number of nitrogens with zero attached hydrogens (tertiary/aromatic N) is 1. The molecule has 1 aliphatic heterocycles. The van der Waals surface area contributed by atoms with Crippen LogP contribution in [-0.4, -0.2) is 18.0 Å². The fourth-order valence-corrected chi connectivity index (χ4v) is 2.86. The third-order valence-corrected chi connectivity index (χ3v) is 4.02. The van der Waals surface area contributed by atoms with E-state index in [1.807, 2.05) is 0 Å². The molecule has 0 spiro atoms. The summed E-state index contributed by atoms with van der Waals surface area (Å²) in [6, 6.07) is 0. The maximum atomic E-state index is 4.07. The van der Waals surface area contributed by atoms with Crippen molar-refractivity contribution in [3.63, 3.8) is 0 Å². The maximum Gasteiger partial charge on any atom is 0.0203 e. The van der Waals surface area contributed by atoms with Gasteiger partial charge in [0.05, 0.1) is 0 Å². The Morgan fingerprint density at radius 3 is 2.59 bits per heavy atom. The molecule has 0 bridgehead atoms. The third kappa shape index (κ3) is 6.14. The molecule has 1 unspecified atom stereocenters. The highest BCUT2D eigenvalue weighted by Crippen LogP contribution is 2.24. The van der Waals surface area contributed by atoms with Gasteiger partial charge in [0.25, 0.3) is 0 Å². The fourth-order valence-electron chi connectivity index (χ4n) is 2.86. The summed E-state index contributed by atoms with van der Waals surface area (Å²) in [5, 5.41) is 0. The highest BCUT2D eigenvalue weighted by molar-refractivity contribution is 4.91. The zero-order valence-electron chi connectivity index (χ0n) is 12.0. The van der Waals surface area contributed by atoms with Crippen molar-refractivity contribution >= 4 is 0 Å². The second-order valence-corrected chi connectivity index (χ2v) is 5.75. The van der Waals surface area contributed by atoms with Gasteiger partial charge in [0, 0.05) is 18.8 Å². The maximum absolute atomic E-state index is 4.07. The van der Waals surface area contributed by atoms with Crippen LogP contribution in [0.5, 0.6) is 0 Å². The Balaban J connectivity index is 2.04. The molecule has 1 heterocycles. The van der Waals surface area contributed by atoms with E-state index >= 15 is 0 Å². The number of likely N-dealkylation sites (tertiary alicyclic amines) is 1. The SMILES string of the molecule is C=C(C)N1CCCC(CCCCCCCC)C1. The summed E-state index contributed by atoms with van der Waals surface area (Å²) in [6.45, 7) is 11.0. The van der Waals surface area contributed by atoms with Gasteiger partial charge in [-0.3, -0.25) is 0 Å². The van der Waals surface area contributed by atoms with E-state index in [4.69, 9.17) is 0 Å². The summed E-state index contributed by atoms with van der Waals surface area (Å²) in [5.41, 5.74) is 1.26. The molecule has 1 aliphatic rings. The fraction of sp³-hybridized carbons (Fsp3) is 0.875. The van der Waals surface area contributed by atoms with Crippen LogP contribution in [0.25, 0.3) is 0 Å². The molecule has 0 saturated carbocycles. The second-order valence-electron chi connectivity index (χ2n) is 5.75. The summed E-state index contributed by atoms with van der Waals surface area (Å²) in [5.74, 6) is 0.937. The van der Waals surface area contributed by atoms with E-state index in [2.05, 4.69) is 25.3 Å². The van der Waals surface area contributed by atoms with Crippen molar-refractivity contribution < 1.29 is 0 Å². The Kier molecular flexibility index (Phi) is 7.39. The molecule has 1 fully saturated rings. The van der Waals surface area contributed by atoms with Crippen LogP contribution in [0, 0.1) is 5.92 Å². The minimum atomic E-state index is 0.937. The monoisotopic (exact) mass is 237 g/mol. The smallest absolute Gasteiger partial charge is 0.0203 e. The third-order valence-electron chi connectivity index (χ3n) is 4.02. The van der Waals surface area contributed by atoms with Crippen molar-refractivity contribution in [1.82, 2.24) is 4.90 Å². The lowest BCUT2D eigenvalue weighted by Crippen LogP contribution is -2.33. The van der Waals surface area contributed by atoms with Crippen LogP contribution in [0.1, 0.15) is 71.6 Å². The van der Waals surface area contributed by atoms with E-state index in [0.29, 0.717) is 0 Å². The zero-order valence-corrected chi connectivity index (χ0v) is 12.0. The lowest BCUT2D eigenvalue weighted by molar-refractivity contribution is 0.207. The number of rotatable bonds is 8. The van der Waals surface area contributed by atoms with Crippen LogP contribution in [0.3, 0.4) is 0 Å². The molecule has 17 heavy (non-hydrogen) atoms. The number of piperidine rings is 1. The van der Waals surface area contributed by atoms with Gasteiger partial charge in [0.2, 0.25) is 0 Å². The molecule has 0 N–H and O–H groups in total. The van der Waals surface area contributed by atoms with Gasteiger partial charge in [-0.05, 0) is 32.1 Å². The van der Waals surface area contributed by atoms with Crippen molar-refractivity contribution in [2.24, 2.45) is 5.92 Å². The van der Waals surface area contributed by atoms with E-state index < -0.39 is 0 Å². The number of unbranched alkanes of at least 4 members (excludes halogenated alkanes) is 5. The molecular weight excluding hydrogens is 206 g/mol. The molecule has 1 atom stereocenters. The Morgan fingerprint density at radius 2 is 1.88 bits per heavy atom. The van der Waals surface area contributed by atoms with E-state index in [0.717, 1.165) is 5.92 Å². The number of hydrogen-bond acceptors (Lipinski definition) is 1. The molecule has 1 heteroatoms. The first-order valence-electron chi connectivity index (χ1n) is 7.64. The van der Waals surface area contributed by atoms with Gasteiger partial charge in [0.1, 0.15) is 0 Å². The van der Waals surface area contributed by atoms with Gasteiger partial charge in [0.15, 0.2) is 0 Å². The molecule has 0 amide bonds. The first-order valence-corrected chi connectivity index (χ1v) is 7.64. The van der Waals surface area contributed by atoms with E-state index in [9.17, 15) is 0 Å². The highest BCUT2D eigenvalue weighted by atomic mass is 15.1. The van der Waals surface area contributed by atoms with Crippen molar-refractivity contribution in [2.45, 2.75) is 71.6 Å². The van der Waals surface area contributed by atoms with Crippen LogP contribution in [0.4, 0.5) is 0 Å². The average molecular weight is 237 g/mol. The molecule has 0 aliphatic carbocycles. The molecule has 0 radical (unpaired) electrons. The lowest BCUT2D eigenvalue weighted by Gasteiger charge is -2.34. The number of allylic oxidation sites excluding steroid dienone is 1. The van der Waals surface area contributed by atoms with Gasteiger partial charge in [-0.2, -0.15) is 0 Å². The molecular formula is C16H31N. The topological polar surface area (TPSA) is 3.24 Å². The molecule has 1 rings (SSSR count). The Morgan fingerprint density at radius 1 is 1.18 bits per heavy atom. The quantitative estimate of drug-likeness (QED) is 0.538. The Hall–Kier alpha value is -0.460. The van der Waals surface area contributed by atoms with E-state index in [-0.39, 0.29) is 0 Å². The summed E-state index contributed by atoms with van der Waals surface area (Å²) in [6.07, 6.45) is 12.8. The standard InChI is InChI=1S/C16H31N/c1-4-5-6-7-8-9-11-16-12-10-13-17(14-16)15(2)3/h16H,2,4-14H2,1,3H3. The molecule has 0 aromatic carbocycles. The molecule has 0 aromatic heterocycles. The highest BCUT2D eigenvalue weighted by Gasteiger charge is 2.18. The predicted molar refractivity (Wildman–Crippen MR) is 77.1 cm³/mol. The van der Waals surface area contributed by atoms with Crippen molar-refractivity contribution in [3.8, 4) is 0 Å². The van der Waals surface area contributed by atoms with Gasteiger partial charge < -0.3 is 4.90 Å². The summed E-state index contributed by atoms with van der Waals surface area (Å²) >= 11 is 0. The van der Waals surface area contributed by atoms with E-state index in [1.165, 1.54) is 76.6 Å². The summed E-state index contributed by atoms with van der Waals surface area (Å²) in [7, 11) is 0. The van der Waals surface area contributed by atoms with Crippen LogP contribution >= 0.6 is 0 Å². The summed E-state index contributed by atoms with van der Waals surface area (Å²) < 4.78 is 0. The first-order chi connectivity index (χ1) is 8.24. The minimum absolute atomic E-state index is 0.937. The van der Waals surface area contributed by atoms with Crippen LogP contribution in [0.15, 0.2) is 12.3 Å². The average Bonchev–Trinajstić information content (AvgIpc) is 2.34.